The Morgan fingerprint density at radius 1 is 1.32 bits per heavy atom. The molecule has 3 rings (SSSR count). The first-order chi connectivity index (χ1) is 9.28. The van der Waals surface area contributed by atoms with Gasteiger partial charge in [-0.2, -0.15) is 0 Å². The van der Waals surface area contributed by atoms with E-state index in [1.165, 1.54) is 0 Å². The number of carbonyl (C=O) groups is 1. The molecule has 1 amide bonds. The number of carbonyl (C=O) groups excluding carboxylic acids is 1. The summed E-state index contributed by atoms with van der Waals surface area (Å²) < 4.78 is 10.2. The topological polar surface area (TPSA) is 64.4 Å². The standard InChI is InChI=1S/C14H14N2O3/c1-18-10-7-5-9(6-8-10)13(17)15-14-11-3-2-4-12(11)16-19-14/h5-8H,2-4H2,1H3,(H,15,17). The van der Waals surface area contributed by atoms with E-state index in [1.807, 2.05) is 0 Å². The Morgan fingerprint density at radius 3 is 2.84 bits per heavy atom. The van der Waals surface area contributed by atoms with Crippen LogP contribution in [0, 0.1) is 0 Å². The van der Waals surface area contributed by atoms with E-state index in [9.17, 15) is 4.79 Å². The summed E-state index contributed by atoms with van der Waals surface area (Å²) in [6.07, 6.45) is 2.91. The van der Waals surface area contributed by atoms with Crippen LogP contribution in [-0.4, -0.2) is 18.2 Å². The minimum absolute atomic E-state index is 0.200. The number of aryl methyl sites for hydroxylation is 1. The highest BCUT2D eigenvalue weighted by atomic mass is 16.5. The van der Waals surface area contributed by atoms with Crippen LogP contribution >= 0.6 is 0 Å². The fraction of sp³-hybridized carbons (Fsp3) is 0.286. The van der Waals surface area contributed by atoms with Gasteiger partial charge in [-0.1, -0.05) is 5.16 Å². The first kappa shape index (κ1) is 11.8. The van der Waals surface area contributed by atoms with Crippen LogP contribution in [0.25, 0.3) is 0 Å². The van der Waals surface area contributed by atoms with Crippen LogP contribution in [0.5, 0.6) is 5.75 Å². The molecule has 0 saturated heterocycles. The van der Waals surface area contributed by atoms with E-state index in [0.29, 0.717) is 11.4 Å². The van der Waals surface area contributed by atoms with Gasteiger partial charge in [-0.15, -0.1) is 0 Å². The number of hydrogen-bond acceptors (Lipinski definition) is 4. The highest BCUT2D eigenvalue weighted by Crippen LogP contribution is 2.28. The Balaban J connectivity index is 1.76. The lowest BCUT2D eigenvalue weighted by molar-refractivity contribution is 0.102. The molecule has 1 aliphatic carbocycles. The van der Waals surface area contributed by atoms with E-state index >= 15 is 0 Å². The van der Waals surface area contributed by atoms with Gasteiger partial charge in [-0.3, -0.25) is 10.1 Å². The van der Waals surface area contributed by atoms with Crippen LogP contribution in [0.3, 0.4) is 0 Å². The lowest BCUT2D eigenvalue weighted by Gasteiger charge is -2.04. The molecule has 0 aliphatic heterocycles. The Bertz CT molecular complexity index is 602. The molecule has 0 spiro atoms. The van der Waals surface area contributed by atoms with Crippen molar-refractivity contribution in [1.82, 2.24) is 5.16 Å². The number of fused-ring (bicyclic) bond motifs is 1. The van der Waals surface area contributed by atoms with Crippen molar-refractivity contribution in [2.24, 2.45) is 0 Å². The van der Waals surface area contributed by atoms with Gasteiger partial charge in [0.2, 0.25) is 5.88 Å². The number of nitrogens with zero attached hydrogens (tertiary/aromatic N) is 1. The summed E-state index contributed by atoms with van der Waals surface area (Å²) in [6, 6.07) is 6.93. The molecule has 1 aromatic heterocycles. The average Bonchev–Trinajstić information content (AvgIpc) is 3.04. The maximum atomic E-state index is 12.1. The van der Waals surface area contributed by atoms with Gasteiger partial charge >= 0.3 is 0 Å². The molecule has 1 heterocycles. The first-order valence-electron chi connectivity index (χ1n) is 6.21. The second-order valence-electron chi connectivity index (χ2n) is 4.47. The van der Waals surface area contributed by atoms with Gasteiger partial charge in [0, 0.05) is 11.1 Å². The van der Waals surface area contributed by atoms with Crippen molar-refractivity contribution in [3.8, 4) is 5.75 Å². The fourth-order valence-electron chi connectivity index (χ4n) is 2.24. The van der Waals surface area contributed by atoms with Crippen molar-refractivity contribution >= 4 is 11.8 Å². The average molecular weight is 258 g/mol. The van der Waals surface area contributed by atoms with E-state index in [4.69, 9.17) is 9.26 Å². The number of hydrogen-bond donors (Lipinski definition) is 1. The quantitative estimate of drug-likeness (QED) is 0.918. The first-order valence-corrected chi connectivity index (χ1v) is 6.21. The molecule has 0 bridgehead atoms. The van der Waals surface area contributed by atoms with Gasteiger partial charge in [-0.05, 0) is 43.5 Å². The van der Waals surface area contributed by atoms with E-state index < -0.39 is 0 Å². The highest BCUT2D eigenvalue weighted by molar-refractivity contribution is 6.04. The SMILES string of the molecule is COc1ccc(C(=O)Nc2onc3c2CCC3)cc1. The molecule has 1 N–H and O–H groups in total. The van der Waals surface area contributed by atoms with Crippen molar-refractivity contribution in [2.75, 3.05) is 12.4 Å². The maximum absolute atomic E-state index is 12.1. The van der Waals surface area contributed by atoms with Gasteiger partial charge < -0.3 is 9.26 Å². The fourth-order valence-corrected chi connectivity index (χ4v) is 2.24. The third kappa shape index (κ3) is 2.19. The second-order valence-corrected chi connectivity index (χ2v) is 4.47. The van der Waals surface area contributed by atoms with Crippen LogP contribution in [-0.2, 0) is 12.8 Å². The van der Waals surface area contributed by atoms with E-state index in [-0.39, 0.29) is 5.91 Å². The molecule has 5 heteroatoms. The Kier molecular flexibility index (Phi) is 2.95. The van der Waals surface area contributed by atoms with Gasteiger partial charge in [0.05, 0.1) is 12.8 Å². The zero-order valence-electron chi connectivity index (χ0n) is 10.6. The number of nitrogens with one attached hydrogen (secondary N) is 1. The van der Waals surface area contributed by atoms with Crippen molar-refractivity contribution < 1.29 is 14.1 Å². The lowest BCUT2D eigenvalue weighted by atomic mass is 10.2. The summed E-state index contributed by atoms with van der Waals surface area (Å²) in [5.74, 6) is 0.999. The minimum Gasteiger partial charge on any atom is -0.497 e. The summed E-state index contributed by atoms with van der Waals surface area (Å²) in [5, 5.41) is 6.73. The van der Waals surface area contributed by atoms with Gasteiger partial charge in [-0.25, -0.2) is 0 Å². The second kappa shape index (κ2) is 4.76. The number of anilines is 1. The monoisotopic (exact) mass is 258 g/mol. The van der Waals surface area contributed by atoms with Gasteiger partial charge in [0.1, 0.15) is 5.75 Å². The third-order valence-corrected chi connectivity index (χ3v) is 3.29. The number of aromatic nitrogens is 1. The van der Waals surface area contributed by atoms with Gasteiger partial charge in [0.25, 0.3) is 5.91 Å². The summed E-state index contributed by atoms with van der Waals surface area (Å²) in [5.41, 5.74) is 2.55. The molecule has 0 fully saturated rings. The van der Waals surface area contributed by atoms with Crippen LogP contribution in [0.1, 0.15) is 28.0 Å². The Labute approximate surface area is 110 Å². The lowest BCUT2D eigenvalue weighted by Crippen LogP contribution is -2.12. The van der Waals surface area contributed by atoms with Crippen LogP contribution in [0.15, 0.2) is 28.8 Å². The molecular formula is C14H14N2O3. The highest BCUT2D eigenvalue weighted by Gasteiger charge is 2.22. The predicted octanol–water partition coefficient (Wildman–Crippen LogP) is 2.42. The van der Waals surface area contributed by atoms with Crippen molar-refractivity contribution in [1.29, 1.82) is 0 Å². The maximum Gasteiger partial charge on any atom is 0.258 e. The number of benzene rings is 1. The molecule has 2 aromatic rings. The van der Waals surface area contributed by atoms with Crippen molar-refractivity contribution in [3.63, 3.8) is 0 Å². The number of methoxy groups -OCH3 is 1. The molecule has 5 nitrogen and oxygen atoms in total. The van der Waals surface area contributed by atoms with Crippen molar-refractivity contribution in [2.45, 2.75) is 19.3 Å². The Morgan fingerprint density at radius 2 is 2.11 bits per heavy atom. The molecular weight excluding hydrogens is 244 g/mol. The van der Waals surface area contributed by atoms with E-state index in [2.05, 4.69) is 10.5 Å². The summed E-state index contributed by atoms with van der Waals surface area (Å²) in [4.78, 5) is 12.1. The van der Waals surface area contributed by atoms with Gasteiger partial charge in [0.15, 0.2) is 0 Å². The van der Waals surface area contributed by atoms with E-state index in [0.717, 1.165) is 36.3 Å². The van der Waals surface area contributed by atoms with Crippen LogP contribution < -0.4 is 10.1 Å². The third-order valence-electron chi connectivity index (χ3n) is 3.29. The molecule has 0 radical (unpaired) electrons. The smallest absolute Gasteiger partial charge is 0.258 e. The molecule has 0 atom stereocenters. The van der Waals surface area contributed by atoms with Crippen LogP contribution in [0.2, 0.25) is 0 Å². The zero-order valence-corrected chi connectivity index (χ0v) is 10.6. The molecule has 1 aromatic carbocycles. The normalized spacial score (nSPS) is 13.1. The van der Waals surface area contributed by atoms with Crippen LogP contribution in [0.4, 0.5) is 5.88 Å². The predicted molar refractivity (Wildman–Crippen MR) is 69.5 cm³/mol. The number of ether oxygens (including phenoxy) is 1. The molecule has 0 unspecified atom stereocenters. The molecule has 98 valence electrons. The molecule has 19 heavy (non-hydrogen) atoms. The zero-order chi connectivity index (χ0) is 13.2. The summed E-state index contributed by atoms with van der Waals surface area (Å²) in [6.45, 7) is 0. The molecule has 1 aliphatic rings. The summed E-state index contributed by atoms with van der Waals surface area (Å²) in [7, 11) is 1.59. The van der Waals surface area contributed by atoms with E-state index in [1.54, 1.807) is 31.4 Å². The summed E-state index contributed by atoms with van der Waals surface area (Å²) >= 11 is 0. The Hall–Kier alpha value is -2.30. The largest absolute Gasteiger partial charge is 0.497 e. The molecule has 0 saturated carbocycles. The number of amides is 1. The number of rotatable bonds is 3. The van der Waals surface area contributed by atoms with Crippen molar-refractivity contribution in [3.05, 3.63) is 41.1 Å². The minimum atomic E-state index is -0.200.